The largest absolute Gasteiger partial charge is 0.480 e. The van der Waals surface area contributed by atoms with Crippen LogP contribution in [0.4, 0.5) is 8.78 Å². The van der Waals surface area contributed by atoms with Gasteiger partial charge in [-0.2, -0.15) is 0 Å². The van der Waals surface area contributed by atoms with Crippen LogP contribution in [0.15, 0.2) is 77.2 Å². The number of fused-ring (bicyclic) bond motifs is 3. The van der Waals surface area contributed by atoms with Gasteiger partial charge in [-0.05, 0) is 60.8 Å². The van der Waals surface area contributed by atoms with Crippen molar-refractivity contribution >= 4 is 29.3 Å². The van der Waals surface area contributed by atoms with Gasteiger partial charge in [0.25, 0.3) is 0 Å². The van der Waals surface area contributed by atoms with Crippen LogP contribution >= 0.6 is 12.4 Å². The minimum Gasteiger partial charge on any atom is -0.480 e. The average molecular weight is 498 g/mol. The summed E-state index contributed by atoms with van der Waals surface area (Å²) in [6.45, 7) is 2.29. The number of hydrogen-bond acceptors (Lipinski definition) is 3. The maximum atomic E-state index is 13.6. The van der Waals surface area contributed by atoms with Gasteiger partial charge in [-0.3, -0.25) is 9.69 Å². The summed E-state index contributed by atoms with van der Waals surface area (Å²) in [5, 5.41) is 11.5. The van der Waals surface area contributed by atoms with Crippen molar-refractivity contribution in [2.75, 3.05) is 13.1 Å². The number of nitrogens with zero attached hydrogens (tertiary/aromatic N) is 1. The summed E-state index contributed by atoms with van der Waals surface area (Å²) in [6.07, 6.45) is 1.71. The third kappa shape index (κ3) is 4.68. The van der Waals surface area contributed by atoms with Crippen LogP contribution in [0.3, 0.4) is 0 Å². The van der Waals surface area contributed by atoms with Gasteiger partial charge in [-0.25, -0.2) is 8.78 Å². The van der Waals surface area contributed by atoms with Crippen molar-refractivity contribution in [3.05, 3.63) is 107 Å². The number of rotatable bonds is 7. The number of aliphatic carboxylic acids is 1. The van der Waals surface area contributed by atoms with E-state index in [4.69, 9.17) is 4.42 Å². The number of furan rings is 1. The van der Waals surface area contributed by atoms with Gasteiger partial charge in [-0.15, -0.1) is 12.4 Å². The van der Waals surface area contributed by atoms with Gasteiger partial charge < -0.3 is 9.52 Å². The number of hydrogen-bond donors (Lipinski definition) is 1. The first kappa shape index (κ1) is 24.9. The second-order valence-corrected chi connectivity index (χ2v) is 8.85. The van der Waals surface area contributed by atoms with Crippen LogP contribution in [-0.4, -0.2) is 29.1 Å². The van der Waals surface area contributed by atoms with E-state index in [9.17, 15) is 18.7 Å². The molecular formula is C28H26ClF2NO3. The maximum absolute atomic E-state index is 13.6. The fraction of sp³-hybridized carbons (Fsp3) is 0.250. The van der Waals surface area contributed by atoms with Gasteiger partial charge in [0.05, 0.1) is 0 Å². The molecule has 1 aliphatic rings. The first-order valence-electron chi connectivity index (χ1n) is 11.4. The minimum absolute atomic E-state index is 0. The lowest BCUT2D eigenvalue weighted by Gasteiger charge is -2.32. The predicted octanol–water partition coefficient (Wildman–Crippen LogP) is 6.34. The molecule has 0 radical (unpaired) electrons. The van der Waals surface area contributed by atoms with Gasteiger partial charge in [0.15, 0.2) is 0 Å². The summed E-state index contributed by atoms with van der Waals surface area (Å²) in [5.41, 5.74) is 1.66. The van der Waals surface area contributed by atoms with Crippen LogP contribution in [0.2, 0.25) is 0 Å². The Morgan fingerprint density at radius 1 is 0.943 bits per heavy atom. The van der Waals surface area contributed by atoms with E-state index in [1.807, 2.05) is 18.2 Å². The molecule has 0 fully saturated rings. The molecule has 0 aliphatic carbocycles. The Bertz CT molecular complexity index is 1270. The molecule has 5 rings (SSSR count). The second-order valence-electron chi connectivity index (χ2n) is 8.85. The van der Waals surface area contributed by atoms with Crippen molar-refractivity contribution in [2.24, 2.45) is 0 Å². The van der Waals surface area contributed by atoms with Gasteiger partial charge in [0.2, 0.25) is 0 Å². The molecule has 3 aromatic carbocycles. The Morgan fingerprint density at radius 2 is 1.54 bits per heavy atom. The number of carbonyl (C=O) groups is 1. The zero-order chi connectivity index (χ0) is 23.7. The van der Waals surface area contributed by atoms with Crippen molar-refractivity contribution in [2.45, 2.75) is 31.2 Å². The molecule has 1 aliphatic heterocycles. The maximum Gasteiger partial charge on any atom is 0.318 e. The van der Waals surface area contributed by atoms with Gasteiger partial charge >= 0.3 is 5.97 Å². The average Bonchev–Trinajstić information content (AvgIpc) is 3.21. The Hall–Kier alpha value is -3.22. The molecule has 35 heavy (non-hydrogen) atoms. The SMILES string of the molecule is Cl.O=C(O)C(CCCN1CCc2oc3ccccc3c2C1)(c1ccc(F)cc1)c1ccc(F)cc1. The Balaban J connectivity index is 0.00000289. The summed E-state index contributed by atoms with van der Waals surface area (Å²) in [4.78, 5) is 15.0. The van der Waals surface area contributed by atoms with Crippen LogP contribution in [0.5, 0.6) is 0 Å². The van der Waals surface area contributed by atoms with E-state index < -0.39 is 23.0 Å². The zero-order valence-electron chi connectivity index (χ0n) is 19.0. The van der Waals surface area contributed by atoms with E-state index in [0.717, 1.165) is 36.2 Å². The molecule has 0 spiro atoms. The van der Waals surface area contributed by atoms with E-state index in [2.05, 4.69) is 11.0 Å². The molecule has 0 saturated heterocycles. The molecule has 0 atom stereocenters. The first-order chi connectivity index (χ1) is 16.5. The fourth-order valence-corrected chi connectivity index (χ4v) is 5.12. The monoisotopic (exact) mass is 497 g/mol. The third-order valence-corrected chi connectivity index (χ3v) is 6.88. The minimum atomic E-state index is -1.40. The van der Waals surface area contributed by atoms with Crippen molar-refractivity contribution in [3.8, 4) is 0 Å². The lowest BCUT2D eigenvalue weighted by Crippen LogP contribution is -2.39. The van der Waals surface area contributed by atoms with E-state index in [1.165, 1.54) is 54.1 Å². The Kier molecular flexibility index (Phi) is 7.24. The molecule has 4 aromatic rings. The lowest BCUT2D eigenvalue weighted by atomic mass is 9.71. The van der Waals surface area contributed by atoms with Crippen molar-refractivity contribution in [3.63, 3.8) is 0 Å². The molecule has 0 amide bonds. The van der Waals surface area contributed by atoms with E-state index in [1.54, 1.807) is 0 Å². The molecule has 0 unspecified atom stereocenters. The smallest absolute Gasteiger partial charge is 0.318 e. The van der Waals surface area contributed by atoms with Crippen molar-refractivity contribution < 1.29 is 23.1 Å². The van der Waals surface area contributed by atoms with Crippen LogP contribution < -0.4 is 0 Å². The summed E-state index contributed by atoms with van der Waals surface area (Å²) in [6, 6.07) is 19.1. The van der Waals surface area contributed by atoms with E-state index in [0.29, 0.717) is 30.5 Å². The van der Waals surface area contributed by atoms with E-state index in [-0.39, 0.29) is 12.4 Å². The third-order valence-electron chi connectivity index (χ3n) is 6.88. The topological polar surface area (TPSA) is 53.7 Å². The number of carboxylic acids is 1. The number of halogens is 3. The Labute approximate surface area is 208 Å². The van der Waals surface area contributed by atoms with E-state index >= 15 is 0 Å². The zero-order valence-corrected chi connectivity index (χ0v) is 19.9. The predicted molar refractivity (Wildman–Crippen MR) is 133 cm³/mol. The van der Waals surface area contributed by atoms with Gasteiger partial charge in [-0.1, -0.05) is 42.5 Å². The highest BCUT2D eigenvalue weighted by atomic mass is 35.5. The number of carboxylic acid groups (broad SMARTS) is 1. The normalized spacial score (nSPS) is 13.9. The molecule has 4 nitrogen and oxygen atoms in total. The molecule has 7 heteroatoms. The lowest BCUT2D eigenvalue weighted by molar-refractivity contribution is -0.142. The number of para-hydroxylation sites is 1. The Morgan fingerprint density at radius 3 is 2.14 bits per heavy atom. The van der Waals surface area contributed by atoms with Crippen LogP contribution in [0.1, 0.15) is 35.3 Å². The summed E-state index contributed by atoms with van der Waals surface area (Å²) in [5.74, 6) is -0.875. The molecule has 1 N–H and O–H groups in total. The highest BCUT2D eigenvalue weighted by Crippen LogP contribution is 2.38. The molecule has 2 heterocycles. The quantitative estimate of drug-likeness (QED) is 0.323. The van der Waals surface area contributed by atoms with Crippen LogP contribution in [-0.2, 0) is 23.2 Å². The van der Waals surface area contributed by atoms with Crippen molar-refractivity contribution in [1.82, 2.24) is 4.90 Å². The van der Waals surface area contributed by atoms with Crippen LogP contribution in [0, 0.1) is 11.6 Å². The van der Waals surface area contributed by atoms with Crippen LogP contribution in [0.25, 0.3) is 11.0 Å². The van der Waals surface area contributed by atoms with Gasteiger partial charge in [0, 0.05) is 30.5 Å². The van der Waals surface area contributed by atoms with Gasteiger partial charge in [0.1, 0.15) is 28.4 Å². The second kappa shape index (κ2) is 10.2. The fourth-order valence-electron chi connectivity index (χ4n) is 5.12. The summed E-state index contributed by atoms with van der Waals surface area (Å²) in [7, 11) is 0. The molecule has 1 aromatic heterocycles. The summed E-state index contributed by atoms with van der Waals surface area (Å²) < 4.78 is 33.2. The molecule has 0 saturated carbocycles. The standard InChI is InChI=1S/C28H25F2NO3.ClH/c29-21-10-6-19(7-11-21)28(27(32)33,20-8-12-22(30)13-9-20)15-3-16-31-17-14-26-24(18-31)23-4-1-2-5-25(23)34-26;/h1-2,4-13H,3,14-18H2,(H,32,33);1H. The summed E-state index contributed by atoms with van der Waals surface area (Å²) >= 11 is 0. The highest BCUT2D eigenvalue weighted by Gasteiger charge is 2.42. The molecule has 0 bridgehead atoms. The highest BCUT2D eigenvalue weighted by molar-refractivity contribution is 5.86. The number of benzene rings is 3. The molecular weight excluding hydrogens is 472 g/mol. The first-order valence-corrected chi connectivity index (χ1v) is 11.4. The van der Waals surface area contributed by atoms with Crippen molar-refractivity contribution in [1.29, 1.82) is 0 Å². The molecule has 182 valence electrons.